The largest absolute Gasteiger partial charge is 0.328 e. The number of H-pyrrole nitrogens is 1. The van der Waals surface area contributed by atoms with Gasteiger partial charge in [0, 0.05) is 18.9 Å². The van der Waals surface area contributed by atoms with Gasteiger partial charge in [-0.25, -0.2) is 4.68 Å². The Kier molecular flexibility index (Phi) is 3.17. The zero-order valence-electron chi connectivity index (χ0n) is 11.8. The second-order valence-electron chi connectivity index (χ2n) is 4.86. The number of imidazole rings is 1. The van der Waals surface area contributed by atoms with E-state index in [1.54, 1.807) is 6.20 Å². The molecule has 3 aromatic rings. The number of nitrogens with one attached hydrogen (secondary N) is 1. The van der Waals surface area contributed by atoms with Gasteiger partial charge in [-0.1, -0.05) is 6.07 Å². The first-order valence-electron chi connectivity index (χ1n) is 6.71. The lowest BCUT2D eigenvalue weighted by Crippen LogP contribution is -2.11. The van der Waals surface area contributed by atoms with Crippen LogP contribution in [0.2, 0.25) is 0 Å². The fourth-order valence-electron chi connectivity index (χ4n) is 2.58. The molecular weight excluding hydrogens is 270 g/mol. The van der Waals surface area contributed by atoms with E-state index in [0.29, 0.717) is 0 Å². The van der Waals surface area contributed by atoms with Crippen LogP contribution in [0.15, 0.2) is 24.5 Å². The molecule has 1 unspecified atom stereocenters. The van der Waals surface area contributed by atoms with Gasteiger partial charge in [-0.05, 0) is 44.6 Å². The highest BCUT2D eigenvalue weighted by atomic mass is 32.1. The van der Waals surface area contributed by atoms with Crippen molar-refractivity contribution in [1.82, 2.24) is 24.3 Å². The summed E-state index contributed by atoms with van der Waals surface area (Å²) in [6.45, 7) is 7.03. The standard InChI is InChI=1S/C14H17N5S/c1-4-18-13-12(9(2)17-18)16-14(20)19(13)10(3)11-6-5-7-15-8-11/h5-8,10H,4H2,1-3H3,(H,16,20). The zero-order chi connectivity index (χ0) is 14.3. The first-order valence-corrected chi connectivity index (χ1v) is 7.11. The first kappa shape index (κ1) is 13.1. The van der Waals surface area contributed by atoms with Crippen molar-refractivity contribution in [2.24, 2.45) is 0 Å². The minimum Gasteiger partial charge on any atom is -0.328 e. The molecule has 1 atom stereocenters. The van der Waals surface area contributed by atoms with Crippen LogP contribution < -0.4 is 0 Å². The third-order valence-corrected chi connectivity index (χ3v) is 3.93. The molecule has 20 heavy (non-hydrogen) atoms. The lowest BCUT2D eigenvalue weighted by atomic mass is 10.1. The molecule has 104 valence electrons. The number of hydrogen-bond donors (Lipinski definition) is 1. The number of rotatable bonds is 3. The molecular formula is C14H17N5S. The Morgan fingerprint density at radius 2 is 2.25 bits per heavy atom. The molecule has 0 amide bonds. The number of aromatic amines is 1. The smallest absolute Gasteiger partial charge is 0.179 e. The molecule has 0 bridgehead atoms. The molecule has 0 aliphatic carbocycles. The van der Waals surface area contributed by atoms with Crippen molar-refractivity contribution >= 4 is 23.4 Å². The van der Waals surface area contributed by atoms with Crippen LogP contribution in [-0.4, -0.2) is 24.3 Å². The molecule has 0 aromatic carbocycles. The van der Waals surface area contributed by atoms with E-state index in [-0.39, 0.29) is 6.04 Å². The van der Waals surface area contributed by atoms with Gasteiger partial charge in [0.2, 0.25) is 0 Å². The van der Waals surface area contributed by atoms with Crippen molar-refractivity contribution in [2.75, 3.05) is 0 Å². The summed E-state index contributed by atoms with van der Waals surface area (Å²) in [5.41, 5.74) is 4.18. The van der Waals surface area contributed by atoms with Gasteiger partial charge in [0.1, 0.15) is 5.52 Å². The highest BCUT2D eigenvalue weighted by Crippen LogP contribution is 2.25. The van der Waals surface area contributed by atoms with Gasteiger partial charge < -0.3 is 4.98 Å². The summed E-state index contributed by atoms with van der Waals surface area (Å²) in [4.78, 5) is 7.47. The molecule has 0 fully saturated rings. The maximum Gasteiger partial charge on any atom is 0.179 e. The normalized spacial score (nSPS) is 12.9. The molecule has 5 nitrogen and oxygen atoms in total. The summed E-state index contributed by atoms with van der Waals surface area (Å²) in [5.74, 6) is 0. The van der Waals surface area contributed by atoms with Crippen LogP contribution in [0.1, 0.15) is 31.1 Å². The van der Waals surface area contributed by atoms with Crippen LogP contribution in [0.3, 0.4) is 0 Å². The number of aromatic nitrogens is 5. The minimum atomic E-state index is 0.117. The second-order valence-corrected chi connectivity index (χ2v) is 5.25. The number of fused-ring (bicyclic) bond motifs is 1. The molecule has 0 aliphatic heterocycles. The van der Waals surface area contributed by atoms with Gasteiger partial charge >= 0.3 is 0 Å². The predicted molar refractivity (Wildman–Crippen MR) is 81.4 cm³/mol. The summed E-state index contributed by atoms with van der Waals surface area (Å²) < 4.78 is 4.83. The van der Waals surface area contributed by atoms with E-state index in [1.807, 2.05) is 23.9 Å². The average Bonchev–Trinajstić information content (AvgIpc) is 2.96. The molecule has 3 heterocycles. The van der Waals surface area contributed by atoms with Gasteiger partial charge in [0.05, 0.1) is 11.7 Å². The fraction of sp³-hybridized carbons (Fsp3) is 0.357. The third kappa shape index (κ3) is 1.87. The quantitative estimate of drug-likeness (QED) is 0.752. The van der Waals surface area contributed by atoms with Gasteiger partial charge in [0.25, 0.3) is 0 Å². The highest BCUT2D eigenvalue weighted by molar-refractivity contribution is 7.71. The van der Waals surface area contributed by atoms with E-state index in [4.69, 9.17) is 12.2 Å². The van der Waals surface area contributed by atoms with Crippen LogP contribution in [0.5, 0.6) is 0 Å². The topological polar surface area (TPSA) is 51.4 Å². The average molecular weight is 287 g/mol. The van der Waals surface area contributed by atoms with Crippen molar-refractivity contribution in [3.05, 3.63) is 40.6 Å². The van der Waals surface area contributed by atoms with Gasteiger partial charge in [-0.3, -0.25) is 9.55 Å². The zero-order valence-corrected chi connectivity index (χ0v) is 12.6. The third-order valence-electron chi connectivity index (χ3n) is 3.63. The minimum absolute atomic E-state index is 0.117. The molecule has 6 heteroatoms. The van der Waals surface area contributed by atoms with Crippen LogP contribution in [0.25, 0.3) is 11.2 Å². The summed E-state index contributed by atoms with van der Waals surface area (Å²) in [6, 6.07) is 4.13. The first-order chi connectivity index (χ1) is 9.63. The van der Waals surface area contributed by atoms with Crippen molar-refractivity contribution < 1.29 is 0 Å². The Hall–Kier alpha value is -1.95. The van der Waals surface area contributed by atoms with Gasteiger partial charge in [-0.2, -0.15) is 5.10 Å². The molecule has 3 rings (SSSR count). The molecule has 0 aliphatic rings. The van der Waals surface area contributed by atoms with Crippen LogP contribution >= 0.6 is 12.2 Å². The summed E-state index contributed by atoms with van der Waals surface area (Å²) >= 11 is 5.50. The molecule has 3 aromatic heterocycles. The van der Waals surface area contributed by atoms with E-state index >= 15 is 0 Å². The Morgan fingerprint density at radius 3 is 2.90 bits per heavy atom. The van der Waals surface area contributed by atoms with Crippen molar-refractivity contribution in [3.63, 3.8) is 0 Å². The van der Waals surface area contributed by atoms with Crippen molar-refractivity contribution in [1.29, 1.82) is 0 Å². The van der Waals surface area contributed by atoms with E-state index in [2.05, 4.69) is 39.5 Å². The number of nitrogens with zero attached hydrogens (tertiary/aromatic N) is 4. The molecule has 0 radical (unpaired) electrons. The van der Waals surface area contributed by atoms with Crippen LogP contribution in [0, 0.1) is 11.7 Å². The number of pyridine rings is 1. The van der Waals surface area contributed by atoms with Crippen LogP contribution in [-0.2, 0) is 6.54 Å². The number of aryl methyl sites for hydroxylation is 2. The Labute approximate surface area is 122 Å². The van der Waals surface area contributed by atoms with E-state index in [0.717, 1.165) is 33.7 Å². The predicted octanol–water partition coefficient (Wildman–Crippen LogP) is 3.23. The fourth-order valence-corrected chi connectivity index (χ4v) is 2.92. The maximum atomic E-state index is 5.50. The van der Waals surface area contributed by atoms with Gasteiger partial charge in [0.15, 0.2) is 10.4 Å². The molecule has 0 saturated carbocycles. The second kappa shape index (κ2) is 4.86. The summed E-state index contributed by atoms with van der Waals surface area (Å²) in [6.07, 6.45) is 3.66. The number of hydrogen-bond acceptors (Lipinski definition) is 3. The van der Waals surface area contributed by atoms with Gasteiger partial charge in [-0.15, -0.1) is 0 Å². The summed E-state index contributed by atoms with van der Waals surface area (Å²) in [7, 11) is 0. The Bertz CT molecular complexity index is 796. The SMILES string of the molecule is CCn1nc(C)c2[nH]c(=S)n(C(C)c3cccnc3)c21. The Morgan fingerprint density at radius 1 is 1.45 bits per heavy atom. The van der Waals surface area contributed by atoms with Crippen LogP contribution in [0.4, 0.5) is 0 Å². The monoisotopic (exact) mass is 287 g/mol. The van der Waals surface area contributed by atoms with E-state index in [9.17, 15) is 0 Å². The van der Waals surface area contributed by atoms with E-state index in [1.165, 1.54) is 0 Å². The highest BCUT2D eigenvalue weighted by Gasteiger charge is 2.18. The maximum absolute atomic E-state index is 5.50. The summed E-state index contributed by atoms with van der Waals surface area (Å²) in [5, 5.41) is 4.55. The molecule has 0 saturated heterocycles. The lowest BCUT2D eigenvalue weighted by molar-refractivity contribution is 0.595. The van der Waals surface area contributed by atoms with Crippen molar-refractivity contribution in [3.8, 4) is 0 Å². The molecule has 0 spiro atoms. The van der Waals surface area contributed by atoms with E-state index < -0.39 is 0 Å². The molecule has 1 N–H and O–H groups in total. The Balaban J connectivity index is 2.26. The van der Waals surface area contributed by atoms with Crippen molar-refractivity contribution in [2.45, 2.75) is 33.4 Å². The lowest BCUT2D eigenvalue weighted by Gasteiger charge is -2.15.